The normalized spacial score (nSPS) is 10.9. The maximum atomic E-state index is 12.3. The minimum Gasteiger partial charge on any atom is -0.493 e. The summed E-state index contributed by atoms with van der Waals surface area (Å²) in [7, 11) is 1.65. The molecule has 0 bridgehead atoms. The summed E-state index contributed by atoms with van der Waals surface area (Å²) in [5.41, 5.74) is 1.09. The van der Waals surface area contributed by atoms with Gasteiger partial charge in [-0.25, -0.2) is 0 Å². The zero-order valence-electron chi connectivity index (χ0n) is 17.4. The van der Waals surface area contributed by atoms with E-state index in [1.54, 1.807) is 29.8 Å². The summed E-state index contributed by atoms with van der Waals surface area (Å²) in [5.74, 6) is 1.49. The van der Waals surface area contributed by atoms with Crippen molar-refractivity contribution in [1.29, 1.82) is 0 Å². The highest BCUT2D eigenvalue weighted by Crippen LogP contribution is 2.29. The molecule has 0 saturated heterocycles. The maximum Gasteiger partial charge on any atom is 0.234 e. The van der Waals surface area contributed by atoms with E-state index in [0.717, 1.165) is 24.3 Å². The topological polar surface area (TPSA) is 50.8 Å². The molecule has 2 aromatic heterocycles. The standard InChI is InChI=1S/C23H28N2O3S2/c1-3-25(16-23(26)24-11-10-19-6-4-12-29-19)15-18-8-9-21(22(14-18)27-2)28-17-20-7-5-13-30-20/h4-9,12-14H,3,10-11,15-17H2,1-2H3,(H,24,26). The molecule has 0 aliphatic heterocycles. The molecule has 0 aliphatic carbocycles. The number of hydrogen-bond acceptors (Lipinski definition) is 6. The first-order valence-corrected chi connectivity index (χ1v) is 11.8. The van der Waals surface area contributed by atoms with Crippen LogP contribution in [0, 0.1) is 0 Å². The zero-order valence-corrected chi connectivity index (χ0v) is 19.1. The molecular weight excluding hydrogens is 416 g/mol. The number of ether oxygens (including phenoxy) is 2. The third-order valence-corrected chi connectivity index (χ3v) is 6.46. The summed E-state index contributed by atoms with van der Waals surface area (Å²) in [6, 6.07) is 14.2. The van der Waals surface area contributed by atoms with Gasteiger partial charge >= 0.3 is 0 Å². The van der Waals surface area contributed by atoms with Crippen molar-refractivity contribution in [3.63, 3.8) is 0 Å². The number of rotatable bonds is 12. The highest BCUT2D eigenvalue weighted by atomic mass is 32.1. The molecule has 1 N–H and O–H groups in total. The predicted molar refractivity (Wildman–Crippen MR) is 124 cm³/mol. The van der Waals surface area contributed by atoms with Crippen molar-refractivity contribution in [2.45, 2.75) is 26.5 Å². The molecule has 7 heteroatoms. The summed E-state index contributed by atoms with van der Waals surface area (Å²) < 4.78 is 11.4. The van der Waals surface area contributed by atoms with Gasteiger partial charge < -0.3 is 14.8 Å². The first kappa shape index (κ1) is 22.3. The van der Waals surface area contributed by atoms with Crippen LogP contribution in [0.4, 0.5) is 0 Å². The summed E-state index contributed by atoms with van der Waals surface area (Å²) in [5, 5.41) is 7.11. The van der Waals surface area contributed by atoms with Gasteiger partial charge in [0, 0.05) is 22.8 Å². The summed E-state index contributed by atoms with van der Waals surface area (Å²) >= 11 is 3.39. The highest BCUT2D eigenvalue weighted by molar-refractivity contribution is 7.10. The largest absolute Gasteiger partial charge is 0.493 e. The van der Waals surface area contributed by atoms with Crippen LogP contribution in [0.3, 0.4) is 0 Å². The van der Waals surface area contributed by atoms with E-state index in [1.165, 1.54) is 9.75 Å². The summed E-state index contributed by atoms with van der Waals surface area (Å²) in [6.07, 6.45) is 0.875. The van der Waals surface area contributed by atoms with Gasteiger partial charge in [-0.3, -0.25) is 9.69 Å². The smallest absolute Gasteiger partial charge is 0.234 e. The second-order valence-electron chi connectivity index (χ2n) is 6.84. The molecule has 0 atom stereocenters. The lowest BCUT2D eigenvalue weighted by Crippen LogP contribution is -2.37. The van der Waals surface area contributed by atoms with Crippen LogP contribution in [0.25, 0.3) is 0 Å². The van der Waals surface area contributed by atoms with Gasteiger partial charge in [-0.2, -0.15) is 0 Å². The molecule has 0 spiro atoms. The minimum atomic E-state index is 0.0521. The third-order valence-electron chi connectivity index (χ3n) is 4.67. The number of likely N-dealkylation sites (N-methyl/N-ethyl adjacent to an activating group) is 1. The number of methoxy groups -OCH3 is 1. The second-order valence-corrected chi connectivity index (χ2v) is 8.90. The van der Waals surface area contributed by atoms with Crippen LogP contribution in [0.15, 0.2) is 53.2 Å². The molecule has 2 heterocycles. The molecule has 1 amide bonds. The Hall–Kier alpha value is -2.35. The molecule has 3 rings (SSSR count). The maximum absolute atomic E-state index is 12.3. The molecule has 0 radical (unpaired) electrons. The van der Waals surface area contributed by atoms with Gasteiger partial charge in [-0.1, -0.05) is 25.1 Å². The molecule has 0 saturated carbocycles. The average Bonchev–Trinajstić information content (AvgIpc) is 3.46. The van der Waals surface area contributed by atoms with E-state index < -0.39 is 0 Å². The van der Waals surface area contributed by atoms with E-state index in [1.807, 2.05) is 35.7 Å². The monoisotopic (exact) mass is 444 g/mol. The van der Waals surface area contributed by atoms with Crippen LogP contribution < -0.4 is 14.8 Å². The molecule has 0 unspecified atom stereocenters. The lowest BCUT2D eigenvalue weighted by atomic mass is 10.2. The van der Waals surface area contributed by atoms with Crippen molar-refractivity contribution < 1.29 is 14.3 Å². The van der Waals surface area contributed by atoms with E-state index in [9.17, 15) is 4.79 Å². The summed E-state index contributed by atoms with van der Waals surface area (Å²) in [6.45, 7) is 5.10. The van der Waals surface area contributed by atoms with Crippen molar-refractivity contribution >= 4 is 28.6 Å². The Morgan fingerprint density at radius 3 is 2.50 bits per heavy atom. The van der Waals surface area contributed by atoms with E-state index in [-0.39, 0.29) is 5.91 Å². The molecule has 160 valence electrons. The van der Waals surface area contributed by atoms with Crippen LogP contribution >= 0.6 is 22.7 Å². The Kier molecular flexibility index (Phi) is 8.74. The number of carbonyl (C=O) groups excluding carboxylic acids is 1. The van der Waals surface area contributed by atoms with E-state index in [0.29, 0.717) is 32.0 Å². The molecule has 0 fully saturated rings. The van der Waals surface area contributed by atoms with Crippen molar-refractivity contribution in [2.75, 3.05) is 26.7 Å². The van der Waals surface area contributed by atoms with E-state index in [2.05, 4.69) is 34.7 Å². The molecule has 30 heavy (non-hydrogen) atoms. The number of nitrogens with zero attached hydrogens (tertiary/aromatic N) is 1. The van der Waals surface area contributed by atoms with Gasteiger partial charge in [0.25, 0.3) is 0 Å². The first-order valence-electron chi connectivity index (χ1n) is 10.0. The Morgan fingerprint density at radius 2 is 1.83 bits per heavy atom. The van der Waals surface area contributed by atoms with Crippen LogP contribution in [-0.4, -0.2) is 37.6 Å². The van der Waals surface area contributed by atoms with Gasteiger partial charge in [0.15, 0.2) is 11.5 Å². The van der Waals surface area contributed by atoms with Crippen molar-refractivity contribution in [3.8, 4) is 11.5 Å². The van der Waals surface area contributed by atoms with E-state index >= 15 is 0 Å². The third kappa shape index (κ3) is 6.86. The number of carbonyl (C=O) groups is 1. The van der Waals surface area contributed by atoms with Gasteiger partial charge in [0.05, 0.1) is 13.7 Å². The molecule has 5 nitrogen and oxygen atoms in total. The van der Waals surface area contributed by atoms with Crippen LogP contribution in [-0.2, 0) is 24.4 Å². The SMILES string of the molecule is CCN(CC(=O)NCCc1cccs1)Cc1ccc(OCc2cccs2)c(OC)c1. The lowest BCUT2D eigenvalue weighted by molar-refractivity contribution is -0.122. The van der Waals surface area contributed by atoms with Gasteiger partial charge in [-0.15, -0.1) is 22.7 Å². The van der Waals surface area contributed by atoms with Crippen molar-refractivity contribution in [2.24, 2.45) is 0 Å². The fraction of sp³-hybridized carbons (Fsp3) is 0.348. The predicted octanol–water partition coefficient (Wildman–Crippen LogP) is 4.58. The summed E-state index contributed by atoms with van der Waals surface area (Å²) in [4.78, 5) is 16.9. The first-order chi connectivity index (χ1) is 14.7. The van der Waals surface area contributed by atoms with Crippen LogP contribution in [0.1, 0.15) is 22.2 Å². The van der Waals surface area contributed by atoms with Crippen molar-refractivity contribution in [3.05, 3.63) is 68.5 Å². The van der Waals surface area contributed by atoms with Crippen LogP contribution in [0.2, 0.25) is 0 Å². The van der Waals surface area contributed by atoms with Gasteiger partial charge in [0.1, 0.15) is 6.61 Å². The Morgan fingerprint density at radius 1 is 1.07 bits per heavy atom. The number of nitrogens with one attached hydrogen (secondary N) is 1. The lowest BCUT2D eigenvalue weighted by Gasteiger charge is -2.21. The molecule has 1 aromatic carbocycles. The zero-order chi connectivity index (χ0) is 21.2. The molecule has 3 aromatic rings. The Balaban J connectivity index is 1.50. The minimum absolute atomic E-state index is 0.0521. The number of benzene rings is 1. The Labute approximate surface area is 186 Å². The molecule has 0 aliphatic rings. The fourth-order valence-electron chi connectivity index (χ4n) is 3.05. The average molecular weight is 445 g/mol. The fourth-order valence-corrected chi connectivity index (χ4v) is 4.37. The molecular formula is C23H28N2O3S2. The number of thiophene rings is 2. The second kappa shape index (κ2) is 11.7. The number of hydrogen-bond donors (Lipinski definition) is 1. The quantitative estimate of drug-likeness (QED) is 0.444. The highest BCUT2D eigenvalue weighted by Gasteiger charge is 2.12. The number of amides is 1. The van der Waals surface area contributed by atoms with E-state index in [4.69, 9.17) is 9.47 Å². The van der Waals surface area contributed by atoms with Crippen molar-refractivity contribution in [1.82, 2.24) is 10.2 Å². The van der Waals surface area contributed by atoms with Gasteiger partial charge in [-0.05, 0) is 53.6 Å². The van der Waals surface area contributed by atoms with Gasteiger partial charge in [0.2, 0.25) is 5.91 Å². The Bertz CT molecular complexity index is 895. The van der Waals surface area contributed by atoms with Crippen LogP contribution in [0.5, 0.6) is 11.5 Å².